The number of rotatable bonds is 5. The summed E-state index contributed by atoms with van der Waals surface area (Å²) >= 11 is 6.00. The van der Waals surface area contributed by atoms with Gasteiger partial charge in [-0.2, -0.15) is 0 Å². The molecule has 0 heterocycles. The van der Waals surface area contributed by atoms with Gasteiger partial charge in [0.2, 0.25) is 0 Å². The standard InChI is InChI=1S/C17H19ClN2O4S/c1-11-5-6-12(2)15(9-11)19-17(21)13-7-8-14(18)16(10-13)25(22,23)20(3)24-4/h5-10H,1-4H3,(H,19,21). The number of benzene rings is 2. The SMILES string of the molecule is CON(C)S(=O)(=O)c1cc(C(=O)Nc2cc(C)ccc2C)ccc1Cl. The van der Waals surface area contributed by atoms with Gasteiger partial charge in [0.15, 0.2) is 0 Å². The number of carbonyl (C=O) groups excluding carboxylic acids is 1. The molecule has 0 aliphatic carbocycles. The molecule has 2 aromatic carbocycles. The largest absolute Gasteiger partial charge is 0.322 e. The Labute approximate surface area is 152 Å². The fourth-order valence-corrected chi connectivity index (χ4v) is 3.62. The van der Waals surface area contributed by atoms with E-state index < -0.39 is 15.9 Å². The molecule has 0 spiro atoms. The highest BCUT2D eigenvalue weighted by Gasteiger charge is 2.25. The third kappa shape index (κ3) is 4.19. The van der Waals surface area contributed by atoms with E-state index in [0.717, 1.165) is 11.1 Å². The van der Waals surface area contributed by atoms with Crippen molar-refractivity contribution in [2.45, 2.75) is 18.7 Å². The number of nitrogens with one attached hydrogen (secondary N) is 1. The molecule has 0 saturated heterocycles. The molecule has 0 radical (unpaired) electrons. The lowest BCUT2D eigenvalue weighted by Gasteiger charge is -2.16. The van der Waals surface area contributed by atoms with Crippen molar-refractivity contribution in [2.24, 2.45) is 0 Å². The van der Waals surface area contributed by atoms with Crippen molar-refractivity contribution in [3.8, 4) is 0 Å². The van der Waals surface area contributed by atoms with Crippen LogP contribution in [-0.4, -0.2) is 33.0 Å². The van der Waals surface area contributed by atoms with Crippen LogP contribution in [0, 0.1) is 13.8 Å². The van der Waals surface area contributed by atoms with Crippen LogP contribution >= 0.6 is 11.6 Å². The highest BCUT2D eigenvalue weighted by Crippen LogP contribution is 2.26. The zero-order chi connectivity index (χ0) is 18.8. The van der Waals surface area contributed by atoms with Crippen LogP contribution in [0.5, 0.6) is 0 Å². The molecule has 0 aliphatic heterocycles. The molecule has 25 heavy (non-hydrogen) atoms. The van der Waals surface area contributed by atoms with Gasteiger partial charge in [0.25, 0.3) is 15.9 Å². The van der Waals surface area contributed by atoms with E-state index in [2.05, 4.69) is 5.32 Å². The summed E-state index contributed by atoms with van der Waals surface area (Å²) in [5.41, 5.74) is 2.74. The van der Waals surface area contributed by atoms with E-state index in [-0.39, 0.29) is 15.5 Å². The minimum Gasteiger partial charge on any atom is -0.322 e. The molecule has 1 N–H and O–H groups in total. The van der Waals surface area contributed by atoms with Gasteiger partial charge in [-0.3, -0.25) is 9.63 Å². The lowest BCUT2D eigenvalue weighted by Crippen LogP contribution is -2.26. The van der Waals surface area contributed by atoms with E-state index >= 15 is 0 Å². The number of carbonyl (C=O) groups is 1. The van der Waals surface area contributed by atoms with Gasteiger partial charge in [-0.15, -0.1) is 0 Å². The van der Waals surface area contributed by atoms with E-state index in [9.17, 15) is 13.2 Å². The summed E-state index contributed by atoms with van der Waals surface area (Å²) in [6.45, 7) is 3.79. The number of nitrogens with zero attached hydrogens (tertiary/aromatic N) is 1. The van der Waals surface area contributed by atoms with Gasteiger partial charge >= 0.3 is 0 Å². The van der Waals surface area contributed by atoms with Crippen molar-refractivity contribution in [1.82, 2.24) is 4.47 Å². The second-order valence-electron chi connectivity index (χ2n) is 5.52. The quantitative estimate of drug-likeness (QED) is 0.804. The molecule has 0 atom stereocenters. The molecule has 134 valence electrons. The Balaban J connectivity index is 2.39. The Bertz CT molecular complexity index is 913. The maximum Gasteiger partial charge on any atom is 0.266 e. The van der Waals surface area contributed by atoms with Gasteiger partial charge in [0.1, 0.15) is 4.90 Å². The molecule has 2 rings (SSSR count). The molecule has 8 heteroatoms. The first-order valence-corrected chi connectivity index (χ1v) is 9.20. The molecule has 0 unspecified atom stereocenters. The van der Waals surface area contributed by atoms with Crippen LogP contribution in [0.2, 0.25) is 5.02 Å². The number of sulfonamides is 1. The van der Waals surface area contributed by atoms with Crippen LogP contribution in [0.15, 0.2) is 41.3 Å². The summed E-state index contributed by atoms with van der Waals surface area (Å²) in [6, 6.07) is 9.76. The average Bonchev–Trinajstić information content (AvgIpc) is 2.57. The molecule has 6 nitrogen and oxygen atoms in total. The zero-order valence-electron chi connectivity index (χ0n) is 14.3. The second-order valence-corrected chi connectivity index (χ2v) is 7.83. The Hall–Kier alpha value is -1.93. The third-order valence-corrected chi connectivity index (χ3v) is 5.87. The summed E-state index contributed by atoms with van der Waals surface area (Å²) in [5.74, 6) is -0.429. The monoisotopic (exact) mass is 382 g/mol. The van der Waals surface area contributed by atoms with Gasteiger partial charge in [-0.05, 0) is 49.2 Å². The van der Waals surface area contributed by atoms with Crippen LogP contribution in [0.3, 0.4) is 0 Å². The van der Waals surface area contributed by atoms with E-state index in [0.29, 0.717) is 10.2 Å². The summed E-state index contributed by atoms with van der Waals surface area (Å²) in [6.07, 6.45) is 0. The van der Waals surface area contributed by atoms with Gasteiger partial charge < -0.3 is 5.32 Å². The number of hydrogen-bond acceptors (Lipinski definition) is 4. The summed E-state index contributed by atoms with van der Waals surface area (Å²) in [7, 11) is -1.50. The topological polar surface area (TPSA) is 75.7 Å². The van der Waals surface area contributed by atoms with Gasteiger partial charge in [0.05, 0.1) is 12.1 Å². The van der Waals surface area contributed by atoms with Crippen LogP contribution < -0.4 is 5.32 Å². The number of amides is 1. The molecule has 0 aliphatic rings. The van der Waals surface area contributed by atoms with Crippen molar-refractivity contribution in [2.75, 3.05) is 19.5 Å². The summed E-state index contributed by atoms with van der Waals surface area (Å²) < 4.78 is 25.5. The predicted molar refractivity (Wildman–Crippen MR) is 97.3 cm³/mol. The highest BCUT2D eigenvalue weighted by molar-refractivity contribution is 7.89. The Morgan fingerprint density at radius 1 is 1.16 bits per heavy atom. The fraction of sp³-hybridized carbons (Fsp3) is 0.235. The first kappa shape index (κ1) is 19.4. The van der Waals surface area contributed by atoms with Crippen molar-refractivity contribution < 1.29 is 18.0 Å². The maximum atomic E-state index is 12.5. The molecule has 0 saturated carbocycles. The average molecular weight is 383 g/mol. The second kappa shape index (κ2) is 7.53. The lowest BCUT2D eigenvalue weighted by molar-refractivity contribution is -0.0258. The maximum absolute atomic E-state index is 12.5. The fourth-order valence-electron chi connectivity index (χ4n) is 2.14. The lowest BCUT2D eigenvalue weighted by atomic mass is 10.1. The third-order valence-electron chi connectivity index (χ3n) is 3.71. The van der Waals surface area contributed by atoms with E-state index in [1.807, 2.05) is 32.0 Å². The van der Waals surface area contributed by atoms with E-state index in [1.54, 1.807) is 0 Å². The smallest absolute Gasteiger partial charge is 0.266 e. The van der Waals surface area contributed by atoms with Gasteiger partial charge in [-0.1, -0.05) is 28.2 Å². The van der Waals surface area contributed by atoms with Crippen molar-refractivity contribution in [1.29, 1.82) is 0 Å². The van der Waals surface area contributed by atoms with Crippen LogP contribution in [0.4, 0.5) is 5.69 Å². The number of hydrogen-bond donors (Lipinski definition) is 1. The van der Waals surface area contributed by atoms with E-state index in [1.165, 1.54) is 32.4 Å². The van der Waals surface area contributed by atoms with Crippen LogP contribution in [0.25, 0.3) is 0 Å². The normalized spacial score (nSPS) is 11.6. The Morgan fingerprint density at radius 3 is 2.48 bits per heavy atom. The Kier molecular flexibility index (Phi) is 5.84. The number of aryl methyl sites for hydroxylation is 2. The highest BCUT2D eigenvalue weighted by atomic mass is 35.5. The summed E-state index contributed by atoms with van der Waals surface area (Å²) in [5, 5.41) is 2.79. The number of hydroxylamine groups is 1. The molecular weight excluding hydrogens is 364 g/mol. The van der Waals surface area contributed by atoms with Gasteiger partial charge in [-0.25, -0.2) is 8.42 Å². The van der Waals surface area contributed by atoms with Crippen molar-refractivity contribution in [3.63, 3.8) is 0 Å². The van der Waals surface area contributed by atoms with E-state index in [4.69, 9.17) is 16.4 Å². The first-order chi connectivity index (χ1) is 11.7. The van der Waals surface area contributed by atoms with Crippen LogP contribution in [0.1, 0.15) is 21.5 Å². The molecular formula is C17H19ClN2O4S. The van der Waals surface area contributed by atoms with Crippen molar-refractivity contribution in [3.05, 3.63) is 58.1 Å². The van der Waals surface area contributed by atoms with Crippen molar-refractivity contribution >= 4 is 33.2 Å². The number of halogens is 1. The number of anilines is 1. The predicted octanol–water partition coefficient (Wildman–Crippen LogP) is 3.39. The molecule has 2 aromatic rings. The molecule has 0 aromatic heterocycles. The molecule has 1 amide bonds. The Morgan fingerprint density at radius 2 is 1.84 bits per heavy atom. The van der Waals surface area contributed by atoms with Gasteiger partial charge in [0, 0.05) is 18.3 Å². The van der Waals surface area contributed by atoms with Crippen LogP contribution in [-0.2, 0) is 14.9 Å². The molecule has 0 fully saturated rings. The summed E-state index contributed by atoms with van der Waals surface area (Å²) in [4.78, 5) is 17.0. The minimum absolute atomic E-state index is 0.00665. The zero-order valence-corrected chi connectivity index (χ0v) is 15.9. The first-order valence-electron chi connectivity index (χ1n) is 7.38. The molecule has 0 bridgehead atoms. The minimum atomic E-state index is -3.96.